The number of rotatable bonds is 10. The number of carbonyl (C=O) groups is 2. The third-order valence-electron chi connectivity index (χ3n) is 3.50. The molecular weight excluding hydrogens is 298 g/mol. The summed E-state index contributed by atoms with van der Waals surface area (Å²) in [5.74, 6) is -0.734. The van der Waals surface area contributed by atoms with Gasteiger partial charge in [-0.25, -0.2) is 0 Å². The molecule has 1 aromatic rings. The highest BCUT2D eigenvalue weighted by molar-refractivity contribution is 5.79. The number of nitrogens with one attached hydrogen (secondary N) is 1. The number of hydrogen-bond acceptors (Lipinski definition) is 4. The molecule has 0 aliphatic carbocycles. The van der Waals surface area contributed by atoms with Crippen LogP contribution in [-0.4, -0.2) is 37.3 Å². The molecule has 0 heterocycles. The van der Waals surface area contributed by atoms with E-state index in [9.17, 15) is 14.7 Å². The Labute approximate surface area is 136 Å². The van der Waals surface area contributed by atoms with Crippen LogP contribution in [0.2, 0.25) is 0 Å². The van der Waals surface area contributed by atoms with Crippen LogP contribution < -0.4 is 10.1 Å². The van der Waals surface area contributed by atoms with E-state index in [1.165, 1.54) is 7.11 Å². The van der Waals surface area contributed by atoms with Crippen molar-refractivity contribution < 1.29 is 24.2 Å². The summed E-state index contributed by atoms with van der Waals surface area (Å²) in [7, 11) is 1.54. The van der Waals surface area contributed by atoms with Crippen LogP contribution in [0.3, 0.4) is 0 Å². The lowest BCUT2D eigenvalue weighted by atomic mass is 9.88. The topological polar surface area (TPSA) is 84.9 Å². The van der Waals surface area contributed by atoms with E-state index < -0.39 is 11.5 Å². The fourth-order valence-corrected chi connectivity index (χ4v) is 2.24. The van der Waals surface area contributed by atoms with Crippen molar-refractivity contribution in [3.8, 4) is 5.75 Å². The molecule has 1 atom stereocenters. The average Bonchev–Trinajstić information content (AvgIpc) is 2.51. The predicted molar refractivity (Wildman–Crippen MR) is 86.5 cm³/mol. The fraction of sp³-hybridized carbons (Fsp3) is 0.529. The van der Waals surface area contributed by atoms with Gasteiger partial charge in [0.15, 0.2) is 0 Å². The number of methoxy groups -OCH3 is 1. The first-order chi connectivity index (χ1) is 10.9. The Morgan fingerprint density at radius 3 is 2.70 bits per heavy atom. The number of hydrogen-bond donors (Lipinski definition) is 2. The van der Waals surface area contributed by atoms with Crippen LogP contribution in [0.1, 0.15) is 38.7 Å². The van der Waals surface area contributed by atoms with Crippen molar-refractivity contribution in [2.24, 2.45) is 0 Å². The van der Waals surface area contributed by atoms with Crippen molar-refractivity contribution >= 4 is 11.9 Å². The van der Waals surface area contributed by atoms with Gasteiger partial charge in [0, 0.05) is 6.61 Å². The van der Waals surface area contributed by atoms with Gasteiger partial charge in [-0.1, -0.05) is 25.5 Å². The van der Waals surface area contributed by atoms with E-state index >= 15 is 0 Å². The lowest BCUT2D eigenvalue weighted by Crippen LogP contribution is -2.46. The highest BCUT2D eigenvalue weighted by Crippen LogP contribution is 2.27. The SMILES string of the molecule is CCCCOCC(=O)NC(C)(CC(=O)O)c1cccc(OC)c1. The molecule has 6 nitrogen and oxygen atoms in total. The Kier molecular flexibility index (Phi) is 7.54. The van der Waals surface area contributed by atoms with Crippen molar-refractivity contribution in [3.05, 3.63) is 29.8 Å². The van der Waals surface area contributed by atoms with Crippen molar-refractivity contribution in [2.75, 3.05) is 20.3 Å². The minimum Gasteiger partial charge on any atom is -0.497 e. The summed E-state index contributed by atoms with van der Waals surface area (Å²) in [6.07, 6.45) is 1.64. The molecule has 0 spiro atoms. The summed E-state index contributed by atoms with van der Waals surface area (Å²) < 4.78 is 10.5. The van der Waals surface area contributed by atoms with Gasteiger partial charge in [0.2, 0.25) is 5.91 Å². The van der Waals surface area contributed by atoms with E-state index in [4.69, 9.17) is 9.47 Å². The fourth-order valence-electron chi connectivity index (χ4n) is 2.24. The highest BCUT2D eigenvalue weighted by atomic mass is 16.5. The molecule has 0 saturated carbocycles. The minimum atomic E-state index is -1.04. The maximum Gasteiger partial charge on any atom is 0.306 e. The normalized spacial score (nSPS) is 13.2. The van der Waals surface area contributed by atoms with Gasteiger partial charge in [0.25, 0.3) is 0 Å². The number of amides is 1. The Balaban J connectivity index is 2.84. The standard InChI is InChI=1S/C17H25NO5/c1-4-5-9-23-12-15(19)18-17(2,11-16(20)21)13-7-6-8-14(10-13)22-3/h6-8,10H,4-5,9,11-12H2,1-3H3,(H,18,19)(H,20,21). The van der Waals surface area contributed by atoms with Crippen LogP contribution in [0.5, 0.6) is 5.75 Å². The second-order valence-corrected chi connectivity index (χ2v) is 5.59. The molecule has 1 aromatic carbocycles. The molecule has 0 fully saturated rings. The van der Waals surface area contributed by atoms with Crippen molar-refractivity contribution in [3.63, 3.8) is 0 Å². The van der Waals surface area contributed by atoms with Gasteiger partial charge in [-0.15, -0.1) is 0 Å². The summed E-state index contributed by atoms with van der Waals surface area (Å²) in [4.78, 5) is 23.3. The molecule has 0 aliphatic heterocycles. The van der Waals surface area contributed by atoms with Gasteiger partial charge in [-0.2, -0.15) is 0 Å². The van der Waals surface area contributed by atoms with Crippen LogP contribution in [0.4, 0.5) is 0 Å². The van der Waals surface area contributed by atoms with Crippen LogP contribution in [0, 0.1) is 0 Å². The van der Waals surface area contributed by atoms with Gasteiger partial charge < -0.3 is 19.9 Å². The lowest BCUT2D eigenvalue weighted by molar-refractivity contribution is -0.139. The predicted octanol–water partition coefficient (Wildman–Crippen LogP) is 2.32. The smallest absolute Gasteiger partial charge is 0.306 e. The Morgan fingerprint density at radius 2 is 2.09 bits per heavy atom. The Morgan fingerprint density at radius 1 is 1.35 bits per heavy atom. The zero-order chi connectivity index (χ0) is 17.3. The second kappa shape index (κ2) is 9.15. The molecule has 0 saturated heterocycles. The average molecular weight is 323 g/mol. The summed E-state index contributed by atoms with van der Waals surface area (Å²) in [5, 5.41) is 12.0. The number of benzene rings is 1. The monoisotopic (exact) mass is 323 g/mol. The first kappa shape index (κ1) is 19.0. The molecule has 6 heteroatoms. The van der Waals surface area contributed by atoms with E-state index in [0.29, 0.717) is 17.9 Å². The summed E-state index contributed by atoms with van der Waals surface area (Å²) in [6.45, 7) is 4.15. The molecule has 0 aromatic heterocycles. The number of carbonyl (C=O) groups excluding carboxylic acids is 1. The summed E-state index contributed by atoms with van der Waals surface area (Å²) >= 11 is 0. The number of ether oxygens (including phenoxy) is 2. The largest absolute Gasteiger partial charge is 0.497 e. The maximum absolute atomic E-state index is 12.1. The van der Waals surface area contributed by atoms with E-state index in [2.05, 4.69) is 5.32 Å². The molecule has 0 radical (unpaired) electrons. The number of aliphatic carboxylic acids is 1. The number of unbranched alkanes of at least 4 members (excludes halogenated alkanes) is 1. The number of carboxylic acid groups (broad SMARTS) is 1. The molecule has 1 unspecified atom stereocenters. The van der Waals surface area contributed by atoms with Crippen LogP contribution in [0.25, 0.3) is 0 Å². The quantitative estimate of drug-likeness (QED) is 0.646. The van der Waals surface area contributed by atoms with E-state index in [0.717, 1.165) is 12.8 Å². The first-order valence-corrected chi connectivity index (χ1v) is 7.66. The van der Waals surface area contributed by atoms with E-state index in [-0.39, 0.29) is 18.9 Å². The molecule has 0 bridgehead atoms. The second-order valence-electron chi connectivity index (χ2n) is 5.59. The summed E-state index contributed by atoms with van der Waals surface area (Å²) in [5.41, 5.74) is -0.368. The molecule has 1 rings (SSSR count). The molecule has 0 aliphatic rings. The first-order valence-electron chi connectivity index (χ1n) is 7.66. The van der Waals surface area contributed by atoms with Gasteiger partial charge in [-0.3, -0.25) is 9.59 Å². The minimum absolute atomic E-state index is 0.0841. The van der Waals surface area contributed by atoms with Crippen molar-refractivity contribution in [1.82, 2.24) is 5.32 Å². The van der Waals surface area contributed by atoms with Gasteiger partial charge >= 0.3 is 5.97 Å². The summed E-state index contributed by atoms with van der Waals surface area (Å²) in [6, 6.07) is 7.02. The molecule has 128 valence electrons. The highest BCUT2D eigenvalue weighted by Gasteiger charge is 2.31. The zero-order valence-corrected chi connectivity index (χ0v) is 13.9. The Bertz CT molecular complexity index is 531. The Hall–Kier alpha value is -2.08. The van der Waals surface area contributed by atoms with Crippen molar-refractivity contribution in [2.45, 2.75) is 38.6 Å². The molecule has 1 amide bonds. The number of carboxylic acids is 1. The van der Waals surface area contributed by atoms with Crippen LogP contribution >= 0.6 is 0 Å². The van der Waals surface area contributed by atoms with Gasteiger partial charge in [0.1, 0.15) is 12.4 Å². The zero-order valence-electron chi connectivity index (χ0n) is 13.9. The third-order valence-corrected chi connectivity index (χ3v) is 3.50. The van der Waals surface area contributed by atoms with Gasteiger partial charge in [-0.05, 0) is 31.0 Å². The van der Waals surface area contributed by atoms with Crippen molar-refractivity contribution in [1.29, 1.82) is 0 Å². The van der Waals surface area contributed by atoms with E-state index in [1.807, 2.05) is 6.92 Å². The molecular formula is C17H25NO5. The van der Waals surface area contributed by atoms with Crippen LogP contribution in [-0.2, 0) is 19.9 Å². The maximum atomic E-state index is 12.1. The van der Waals surface area contributed by atoms with Gasteiger partial charge in [0.05, 0.1) is 19.1 Å². The van der Waals surface area contributed by atoms with E-state index in [1.54, 1.807) is 31.2 Å². The third kappa shape index (κ3) is 6.28. The van der Waals surface area contributed by atoms with Crippen LogP contribution in [0.15, 0.2) is 24.3 Å². The molecule has 2 N–H and O–H groups in total. The lowest BCUT2D eigenvalue weighted by Gasteiger charge is -2.30. The molecule has 23 heavy (non-hydrogen) atoms.